The molecule has 0 bridgehead atoms. The number of carbonyl (C=O) groups excluding carboxylic acids is 1. The van der Waals surface area contributed by atoms with Gasteiger partial charge in [0, 0.05) is 21.6 Å². The highest BCUT2D eigenvalue weighted by Gasteiger charge is 2.34. The first-order chi connectivity index (χ1) is 18.3. The number of fused-ring (bicyclic) bond motifs is 1. The summed E-state index contributed by atoms with van der Waals surface area (Å²) in [7, 11) is 1.61. The molecule has 0 radical (unpaired) electrons. The van der Waals surface area contributed by atoms with Crippen molar-refractivity contribution in [2.24, 2.45) is 0 Å². The van der Waals surface area contributed by atoms with E-state index in [1.165, 1.54) is 16.7 Å². The molecule has 9 heteroatoms. The molecule has 194 valence electrons. The Labute approximate surface area is 234 Å². The average molecular weight is 591 g/mol. The van der Waals surface area contributed by atoms with E-state index in [0.29, 0.717) is 22.4 Å². The lowest BCUT2D eigenvalue weighted by Crippen LogP contribution is -2.31. The van der Waals surface area contributed by atoms with Crippen LogP contribution in [0.4, 0.5) is 11.6 Å². The number of methoxy groups -OCH3 is 1. The number of nitrogens with zero attached hydrogens (tertiary/aromatic N) is 3. The number of aryl methyl sites for hydroxylation is 2. The lowest BCUT2D eigenvalue weighted by atomic mass is 9.95. The van der Waals surface area contributed by atoms with Crippen LogP contribution < -0.4 is 15.4 Å². The molecule has 3 aromatic carbocycles. The molecule has 1 atom stereocenters. The van der Waals surface area contributed by atoms with E-state index in [1.807, 2.05) is 60.1 Å². The van der Waals surface area contributed by atoms with E-state index in [-0.39, 0.29) is 5.91 Å². The first-order valence-corrected chi connectivity index (χ1v) is 13.9. The molecule has 38 heavy (non-hydrogen) atoms. The van der Waals surface area contributed by atoms with Gasteiger partial charge in [-0.15, -0.1) is 5.10 Å². The molecule has 5 rings (SSSR count). The van der Waals surface area contributed by atoms with Crippen molar-refractivity contribution in [3.63, 3.8) is 0 Å². The summed E-state index contributed by atoms with van der Waals surface area (Å²) in [5.74, 6) is 1.88. The molecule has 1 aliphatic heterocycles. The molecular weight excluding hydrogens is 562 g/mol. The number of aromatic nitrogens is 3. The maximum atomic E-state index is 13.7. The second kappa shape index (κ2) is 11.0. The van der Waals surface area contributed by atoms with Crippen molar-refractivity contribution < 1.29 is 9.53 Å². The number of halogens is 1. The number of hydrogen-bond donors (Lipinski definition) is 2. The van der Waals surface area contributed by atoms with Crippen molar-refractivity contribution in [2.75, 3.05) is 17.7 Å². The Morgan fingerprint density at radius 3 is 2.61 bits per heavy atom. The van der Waals surface area contributed by atoms with E-state index in [1.54, 1.807) is 18.9 Å². The zero-order chi connectivity index (χ0) is 26.8. The smallest absolute Gasteiger partial charge is 0.255 e. The molecule has 2 N–H and O–H groups in total. The predicted molar refractivity (Wildman–Crippen MR) is 156 cm³/mol. The number of anilines is 2. The molecule has 0 aliphatic carbocycles. The Balaban J connectivity index is 1.47. The van der Waals surface area contributed by atoms with E-state index in [0.717, 1.165) is 27.2 Å². The van der Waals surface area contributed by atoms with Gasteiger partial charge in [-0.25, -0.2) is 4.68 Å². The SMILES string of the molecule is COc1ccc(NC(=O)C2=C(C)Nc3nc(SCc4ccc(C)cc4C)nn3C2c2cccc(Br)c2)cc1. The topological polar surface area (TPSA) is 81.1 Å². The quantitative estimate of drug-likeness (QED) is 0.228. The molecule has 1 aliphatic rings. The van der Waals surface area contributed by atoms with Gasteiger partial charge in [-0.05, 0) is 73.9 Å². The van der Waals surface area contributed by atoms with Crippen LogP contribution >= 0.6 is 27.7 Å². The van der Waals surface area contributed by atoms with E-state index < -0.39 is 6.04 Å². The standard InChI is InChI=1S/C29H28BrN5O2S/c1-17-8-9-21(18(2)14-17)16-38-29-33-28-31-19(3)25(27(36)32-23-10-12-24(37-4)13-11-23)26(35(28)34-29)20-6-5-7-22(30)15-20/h5-15,26H,16H2,1-4H3,(H,32,36)(H,31,33,34). The maximum Gasteiger partial charge on any atom is 0.255 e. The summed E-state index contributed by atoms with van der Waals surface area (Å²) in [4.78, 5) is 18.4. The summed E-state index contributed by atoms with van der Waals surface area (Å²) >= 11 is 5.16. The van der Waals surface area contributed by atoms with Crippen molar-refractivity contribution in [3.8, 4) is 5.75 Å². The highest BCUT2D eigenvalue weighted by molar-refractivity contribution is 9.10. The summed E-state index contributed by atoms with van der Waals surface area (Å²) in [6.45, 7) is 6.12. The third-order valence-corrected chi connectivity index (χ3v) is 7.82. The minimum absolute atomic E-state index is 0.212. The second-order valence-electron chi connectivity index (χ2n) is 9.19. The zero-order valence-corrected chi connectivity index (χ0v) is 24.0. The average Bonchev–Trinajstić information content (AvgIpc) is 3.30. The highest BCUT2D eigenvalue weighted by atomic mass is 79.9. The summed E-state index contributed by atoms with van der Waals surface area (Å²) < 4.78 is 7.97. The molecule has 1 unspecified atom stereocenters. The summed E-state index contributed by atoms with van der Waals surface area (Å²) in [5.41, 5.74) is 6.65. The Morgan fingerprint density at radius 2 is 1.89 bits per heavy atom. The Morgan fingerprint density at radius 1 is 1.11 bits per heavy atom. The van der Waals surface area contributed by atoms with Gasteiger partial charge < -0.3 is 15.4 Å². The molecule has 4 aromatic rings. The van der Waals surface area contributed by atoms with Gasteiger partial charge in [0.15, 0.2) is 0 Å². The maximum absolute atomic E-state index is 13.7. The molecule has 7 nitrogen and oxygen atoms in total. The molecule has 0 spiro atoms. The van der Waals surface area contributed by atoms with E-state index in [4.69, 9.17) is 14.8 Å². The van der Waals surface area contributed by atoms with Crippen molar-refractivity contribution in [1.29, 1.82) is 0 Å². The van der Waals surface area contributed by atoms with Crippen LogP contribution in [0.25, 0.3) is 0 Å². The van der Waals surface area contributed by atoms with Crippen LogP contribution in [0.5, 0.6) is 5.75 Å². The van der Waals surface area contributed by atoms with Gasteiger partial charge in [-0.2, -0.15) is 4.98 Å². The van der Waals surface area contributed by atoms with Crippen LogP contribution in [0.3, 0.4) is 0 Å². The number of nitrogens with one attached hydrogen (secondary N) is 2. The van der Waals surface area contributed by atoms with Crippen LogP contribution in [-0.4, -0.2) is 27.8 Å². The fourth-order valence-corrected chi connectivity index (χ4v) is 5.82. The summed E-state index contributed by atoms with van der Waals surface area (Å²) in [6, 6.07) is 21.2. The van der Waals surface area contributed by atoms with Crippen LogP contribution in [0.2, 0.25) is 0 Å². The van der Waals surface area contributed by atoms with E-state index >= 15 is 0 Å². The number of allylic oxidation sites excluding steroid dienone is 1. The van der Waals surface area contributed by atoms with Gasteiger partial charge in [-0.3, -0.25) is 4.79 Å². The second-order valence-corrected chi connectivity index (χ2v) is 11.0. The Bertz CT molecular complexity index is 1530. The van der Waals surface area contributed by atoms with Gasteiger partial charge >= 0.3 is 0 Å². The number of hydrogen-bond acceptors (Lipinski definition) is 6. The number of rotatable bonds is 7. The third kappa shape index (κ3) is 5.49. The first-order valence-electron chi connectivity index (χ1n) is 12.2. The number of ether oxygens (including phenoxy) is 1. The van der Waals surface area contributed by atoms with Gasteiger partial charge in [-0.1, -0.05) is 63.6 Å². The molecular formula is C29H28BrN5O2S. The van der Waals surface area contributed by atoms with Crippen molar-refractivity contribution in [1.82, 2.24) is 14.8 Å². The van der Waals surface area contributed by atoms with Crippen LogP contribution in [-0.2, 0) is 10.5 Å². The zero-order valence-electron chi connectivity index (χ0n) is 21.6. The minimum atomic E-state index is -0.454. The lowest BCUT2D eigenvalue weighted by molar-refractivity contribution is -0.113. The molecule has 1 aromatic heterocycles. The fourth-order valence-electron chi connectivity index (χ4n) is 4.49. The van der Waals surface area contributed by atoms with E-state index in [2.05, 4.69) is 58.6 Å². The van der Waals surface area contributed by atoms with Crippen molar-refractivity contribution in [2.45, 2.75) is 37.7 Å². The molecule has 2 heterocycles. The largest absolute Gasteiger partial charge is 0.497 e. The predicted octanol–water partition coefficient (Wildman–Crippen LogP) is 6.89. The van der Waals surface area contributed by atoms with Crippen LogP contribution in [0.1, 0.15) is 35.2 Å². The number of benzene rings is 3. The Kier molecular flexibility index (Phi) is 7.58. The minimum Gasteiger partial charge on any atom is -0.497 e. The van der Waals surface area contributed by atoms with Gasteiger partial charge in [0.2, 0.25) is 11.1 Å². The number of carbonyl (C=O) groups is 1. The monoisotopic (exact) mass is 589 g/mol. The Hall–Kier alpha value is -3.56. The third-order valence-electron chi connectivity index (χ3n) is 6.44. The van der Waals surface area contributed by atoms with Crippen LogP contribution in [0, 0.1) is 13.8 Å². The van der Waals surface area contributed by atoms with Gasteiger partial charge in [0.25, 0.3) is 5.91 Å². The number of amides is 1. The highest BCUT2D eigenvalue weighted by Crippen LogP contribution is 2.38. The summed E-state index contributed by atoms with van der Waals surface area (Å²) in [6.07, 6.45) is 0. The molecule has 0 saturated carbocycles. The summed E-state index contributed by atoms with van der Waals surface area (Å²) in [5, 5.41) is 11.8. The lowest BCUT2D eigenvalue weighted by Gasteiger charge is -2.28. The van der Waals surface area contributed by atoms with Crippen LogP contribution in [0.15, 0.2) is 87.6 Å². The molecule has 1 amide bonds. The van der Waals surface area contributed by atoms with E-state index in [9.17, 15) is 4.79 Å². The van der Waals surface area contributed by atoms with Gasteiger partial charge in [0.05, 0.1) is 12.7 Å². The van der Waals surface area contributed by atoms with Crippen molar-refractivity contribution in [3.05, 3.63) is 105 Å². The molecule has 0 saturated heterocycles. The first kappa shape index (κ1) is 26.1. The van der Waals surface area contributed by atoms with Crippen molar-refractivity contribution >= 4 is 45.2 Å². The fraction of sp³-hybridized carbons (Fsp3) is 0.207. The normalized spacial score (nSPS) is 14.6. The molecule has 0 fully saturated rings. The van der Waals surface area contributed by atoms with Gasteiger partial charge in [0.1, 0.15) is 11.8 Å². The number of thioether (sulfide) groups is 1.